The van der Waals surface area contributed by atoms with Crippen molar-refractivity contribution in [3.63, 3.8) is 0 Å². The lowest BCUT2D eigenvalue weighted by molar-refractivity contribution is 0.267. The molecule has 1 N–H and O–H groups in total. The van der Waals surface area contributed by atoms with Crippen LogP contribution < -0.4 is 19.7 Å². The van der Waals surface area contributed by atoms with Crippen molar-refractivity contribution in [2.75, 3.05) is 31.0 Å². The number of nitrogens with zero attached hydrogens (tertiary/aromatic N) is 3. The van der Waals surface area contributed by atoms with Gasteiger partial charge in [0, 0.05) is 47.3 Å². The average Bonchev–Trinajstić information content (AvgIpc) is 2.85. The van der Waals surface area contributed by atoms with E-state index in [1.165, 1.54) is 0 Å². The van der Waals surface area contributed by atoms with Crippen LogP contribution in [-0.4, -0.2) is 30.7 Å². The van der Waals surface area contributed by atoms with Gasteiger partial charge in [0.2, 0.25) is 0 Å². The fraction of sp³-hybridized carbons (Fsp3) is 0.185. The zero-order valence-corrected chi connectivity index (χ0v) is 20.0. The van der Waals surface area contributed by atoms with Crippen LogP contribution in [0.1, 0.15) is 17.3 Å². The van der Waals surface area contributed by atoms with E-state index in [2.05, 4.69) is 20.2 Å². The smallest absolute Gasteiger partial charge is 0.161 e. The highest BCUT2D eigenvalue weighted by molar-refractivity contribution is 6.31. The molecule has 0 spiro atoms. The Bertz CT molecular complexity index is 1340. The van der Waals surface area contributed by atoms with E-state index in [9.17, 15) is 0 Å². The van der Waals surface area contributed by atoms with Gasteiger partial charge in [-0.15, -0.1) is 0 Å². The Morgan fingerprint density at radius 1 is 1.09 bits per heavy atom. The SMILES string of the molecule is COc1cc(Nc2cc3c(cn2)OCC(c2ccccc2Cl)N3C)ccc1-c1ccnc(C)c1. The minimum atomic E-state index is 0.0136. The number of fused-ring (bicyclic) bond motifs is 1. The predicted molar refractivity (Wildman–Crippen MR) is 137 cm³/mol. The van der Waals surface area contributed by atoms with Gasteiger partial charge in [0.05, 0.1) is 25.0 Å². The van der Waals surface area contributed by atoms with Gasteiger partial charge in [0.1, 0.15) is 18.2 Å². The van der Waals surface area contributed by atoms with E-state index in [0.29, 0.717) is 12.4 Å². The zero-order valence-electron chi connectivity index (χ0n) is 19.2. The monoisotopic (exact) mass is 472 g/mol. The van der Waals surface area contributed by atoms with Crippen molar-refractivity contribution >= 4 is 28.8 Å². The summed E-state index contributed by atoms with van der Waals surface area (Å²) < 4.78 is 11.7. The Labute approximate surface area is 204 Å². The predicted octanol–water partition coefficient (Wildman–Crippen LogP) is 6.43. The summed E-state index contributed by atoms with van der Waals surface area (Å²) in [7, 11) is 3.72. The lowest BCUT2D eigenvalue weighted by Crippen LogP contribution is -2.33. The molecule has 1 unspecified atom stereocenters. The molecule has 0 fully saturated rings. The third kappa shape index (κ3) is 4.24. The highest BCUT2D eigenvalue weighted by Gasteiger charge is 2.28. The van der Waals surface area contributed by atoms with Crippen molar-refractivity contribution in [3.05, 3.63) is 89.3 Å². The second-order valence-corrected chi connectivity index (χ2v) is 8.63. The molecule has 172 valence electrons. The van der Waals surface area contributed by atoms with Crippen molar-refractivity contribution in [1.82, 2.24) is 9.97 Å². The highest BCUT2D eigenvalue weighted by Crippen LogP contribution is 2.41. The van der Waals surface area contributed by atoms with Gasteiger partial charge in [-0.05, 0) is 48.4 Å². The second kappa shape index (κ2) is 9.23. The summed E-state index contributed by atoms with van der Waals surface area (Å²) in [5.41, 5.74) is 5.89. The topological polar surface area (TPSA) is 59.5 Å². The molecular weight excluding hydrogens is 448 g/mol. The molecular formula is C27H25ClN4O2. The number of hydrogen-bond acceptors (Lipinski definition) is 6. The number of benzene rings is 2. The molecule has 1 aliphatic rings. The summed E-state index contributed by atoms with van der Waals surface area (Å²) in [5, 5.41) is 4.13. The first-order valence-electron chi connectivity index (χ1n) is 11.0. The number of aryl methyl sites for hydroxylation is 1. The maximum absolute atomic E-state index is 6.46. The number of halogens is 1. The van der Waals surface area contributed by atoms with E-state index < -0.39 is 0 Å². The average molecular weight is 473 g/mol. The van der Waals surface area contributed by atoms with Gasteiger partial charge in [-0.1, -0.05) is 29.8 Å². The first-order chi connectivity index (χ1) is 16.5. The van der Waals surface area contributed by atoms with Gasteiger partial charge >= 0.3 is 0 Å². The van der Waals surface area contributed by atoms with Gasteiger partial charge in [-0.3, -0.25) is 4.98 Å². The molecule has 0 radical (unpaired) electrons. The van der Waals surface area contributed by atoms with E-state index in [1.54, 1.807) is 13.3 Å². The molecule has 3 heterocycles. The van der Waals surface area contributed by atoms with Crippen molar-refractivity contribution < 1.29 is 9.47 Å². The van der Waals surface area contributed by atoms with E-state index >= 15 is 0 Å². The van der Waals surface area contributed by atoms with Crippen LogP contribution >= 0.6 is 11.6 Å². The number of ether oxygens (including phenoxy) is 2. The van der Waals surface area contributed by atoms with Crippen LogP contribution in [0.15, 0.2) is 73.1 Å². The zero-order chi connectivity index (χ0) is 23.7. The fourth-order valence-electron chi connectivity index (χ4n) is 4.25. The third-order valence-electron chi connectivity index (χ3n) is 6.04. The summed E-state index contributed by atoms with van der Waals surface area (Å²) in [6.45, 7) is 2.49. The molecule has 0 bridgehead atoms. The molecule has 6 nitrogen and oxygen atoms in total. The third-order valence-corrected chi connectivity index (χ3v) is 6.38. The first-order valence-corrected chi connectivity index (χ1v) is 11.4. The maximum atomic E-state index is 6.46. The Kier molecular flexibility index (Phi) is 5.99. The quantitative estimate of drug-likeness (QED) is 0.361. The van der Waals surface area contributed by atoms with Crippen molar-refractivity contribution in [1.29, 1.82) is 0 Å². The molecule has 2 aromatic heterocycles. The second-order valence-electron chi connectivity index (χ2n) is 8.22. The van der Waals surface area contributed by atoms with Gasteiger partial charge in [-0.25, -0.2) is 4.98 Å². The normalized spacial score (nSPS) is 14.8. The summed E-state index contributed by atoms with van der Waals surface area (Å²) in [4.78, 5) is 11.0. The van der Waals surface area contributed by atoms with Crippen molar-refractivity contribution in [2.45, 2.75) is 13.0 Å². The molecule has 0 saturated heterocycles. The maximum Gasteiger partial charge on any atom is 0.161 e. The number of pyridine rings is 2. The summed E-state index contributed by atoms with van der Waals surface area (Å²) in [6.07, 6.45) is 3.56. The number of aromatic nitrogens is 2. The Hall–Kier alpha value is -3.77. The molecule has 1 aliphatic heterocycles. The van der Waals surface area contributed by atoms with Crippen molar-refractivity contribution in [3.8, 4) is 22.6 Å². The summed E-state index contributed by atoms with van der Waals surface area (Å²) >= 11 is 6.46. The van der Waals surface area contributed by atoms with E-state index in [4.69, 9.17) is 21.1 Å². The largest absolute Gasteiger partial charge is 0.496 e. The van der Waals surface area contributed by atoms with Gasteiger partial charge in [0.15, 0.2) is 5.75 Å². The molecule has 34 heavy (non-hydrogen) atoms. The molecule has 1 atom stereocenters. The van der Waals surface area contributed by atoms with Gasteiger partial charge in [-0.2, -0.15) is 0 Å². The number of anilines is 3. The molecule has 5 rings (SSSR count). The van der Waals surface area contributed by atoms with Crippen LogP contribution in [0.3, 0.4) is 0 Å². The Morgan fingerprint density at radius 3 is 2.74 bits per heavy atom. The summed E-state index contributed by atoms with van der Waals surface area (Å²) in [5.74, 6) is 2.23. The van der Waals surface area contributed by atoms with Crippen LogP contribution in [0, 0.1) is 6.92 Å². The molecule has 2 aromatic carbocycles. The Balaban J connectivity index is 1.42. The van der Waals surface area contributed by atoms with E-state index in [0.717, 1.165) is 50.3 Å². The van der Waals surface area contributed by atoms with Gasteiger partial charge < -0.3 is 19.7 Å². The lowest BCUT2D eigenvalue weighted by atomic mass is 10.0. The minimum Gasteiger partial charge on any atom is -0.496 e. The highest BCUT2D eigenvalue weighted by atomic mass is 35.5. The number of methoxy groups -OCH3 is 1. The first kappa shape index (κ1) is 22.0. The molecule has 0 saturated carbocycles. The van der Waals surface area contributed by atoms with E-state index in [-0.39, 0.29) is 6.04 Å². The van der Waals surface area contributed by atoms with Crippen molar-refractivity contribution in [2.24, 2.45) is 0 Å². The van der Waals surface area contributed by atoms with Gasteiger partial charge in [0.25, 0.3) is 0 Å². The van der Waals surface area contributed by atoms with Crippen LogP contribution in [0.4, 0.5) is 17.2 Å². The molecule has 7 heteroatoms. The molecule has 0 aliphatic carbocycles. The minimum absolute atomic E-state index is 0.0136. The number of nitrogens with one attached hydrogen (secondary N) is 1. The van der Waals surface area contributed by atoms with Crippen LogP contribution in [0.5, 0.6) is 11.5 Å². The molecule has 4 aromatic rings. The standard InChI is InChI=1S/C27H25ClN4O2/c1-17-12-18(10-11-29-17)20-9-8-19(13-25(20)33-3)31-27-14-23-26(15-30-27)34-16-24(32(23)2)21-6-4-5-7-22(21)28/h4-15,24H,16H2,1-3H3,(H,30,31). The van der Waals surface area contributed by atoms with Crippen LogP contribution in [-0.2, 0) is 0 Å². The summed E-state index contributed by atoms with van der Waals surface area (Å²) in [6, 6.07) is 19.9. The number of rotatable bonds is 5. The van der Waals surface area contributed by atoms with E-state index in [1.807, 2.05) is 80.8 Å². The number of likely N-dealkylation sites (N-methyl/N-ethyl adjacent to an activating group) is 1. The fourth-order valence-corrected chi connectivity index (χ4v) is 4.51. The number of hydrogen-bond donors (Lipinski definition) is 1. The Morgan fingerprint density at radius 2 is 1.94 bits per heavy atom. The van der Waals surface area contributed by atoms with Crippen LogP contribution in [0.25, 0.3) is 11.1 Å². The van der Waals surface area contributed by atoms with Crippen LogP contribution in [0.2, 0.25) is 5.02 Å². The lowest BCUT2D eigenvalue weighted by Gasteiger charge is -2.36. The molecule has 0 amide bonds.